The minimum Gasteiger partial charge on any atom is -0.493 e. The van der Waals surface area contributed by atoms with Gasteiger partial charge in [0.2, 0.25) is 0 Å². The van der Waals surface area contributed by atoms with Crippen LogP contribution in [-0.4, -0.2) is 87.5 Å². The van der Waals surface area contributed by atoms with E-state index in [0.29, 0.717) is 11.3 Å². The molecule has 1 atom stereocenters. The standard InChI is InChI=1S/C29H35N7O8/c1-5-43-28(38)26-18(2)31-29(39)32-27(26)19-6-9-23(24(15-19)42-4)44-17-25(37)33-30-16-20-14-21(7-8-22(20)36(40)41)35-12-10-34(3)11-13-35/h6-9,14-16,27H,5,10-13,17H2,1-4H3,(H,33,37)(H2,31,32,39)/b30-16-/t27-/m0/s1. The number of nitro benzene ring substituents is 1. The van der Waals surface area contributed by atoms with E-state index < -0.39 is 35.5 Å². The Labute approximate surface area is 254 Å². The number of esters is 1. The first kappa shape index (κ1) is 31.7. The predicted octanol–water partition coefficient (Wildman–Crippen LogP) is 2.08. The molecule has 0 saturated carbocycles. The zero-order chi connectivity index (χ0) is 31.8. The van der Waals surface area contributed by atoms with Gasteiger partial charge in [0, 0.05) is 43.6 Å². The molecule has 2 aliphatic heterocycles. The zero-order valence-electron chi connectivity index (χ0n) is 24.9. The van der Waals surface area contributed by atoms with Gasteiger partial charge in [0.15, 0.2) is 18.1 Å². The molecule has 15 heteroatoms. The zero-order valence-corrected chi connectivity index (χ0v) is 24.9. The number of nitro groups is 1. The summed E-state index contributed by atoms with van der Waals surface area (Å²) < 4.78 is 16.2. The number of likely N-dealkylation sites (N-methyl/N-ethyl adjacent to an activating group) is 1. The Hall–Kier alpha value is -5.18. The van der Waals surface area contributed by atoms with Crippen LogP contribution in [0.2, 0.25) is 0 Å². The molecule has 2 heterocycles. The Kier molecular flexibility index (Phi) is 10.3. The second-order valence-corrected chi connectivity index (χ2v) is 10.1. The van der Waals surface area contributed by atoms with Crippen molar-refractivity contribution in [3.8, 4) is 11.5 Å². The van der Waals surface area contributed by atoms with E-state index in [9.17, 15) is 24.5 Å². The van der Waals surface area contributed by atoms with Crippen LogP contribution in [0.5, 0.6) is 11.5 Å². The summed E-state index contributed by atoms with van der Waals surface area (Å²) in [6.45, 7) is 6.36. The van der Waals surface area contributed by atoms with E-state index in [2.05, 4.69) is 31.0 Å². The average molecular weight is 610 g/mol. The van der Waals surface area contributed by atoms with Crippen LogP contribution in [0.1, 0.15) is 31.0 Å². The van der Waals surface area contributed by atoms with Crippen molar-refractivity contribution < 1.29 is 33.5 Å². The van der Waals surface area contributed by atoms with Gasteiger partial charge in [-0.2, -0.15) is 5.10 Å². The van der Waals surface area contributed by atoms with E-state index in [-0.39, 0.29) is 34.9 Å². The van der Waals surface area contributed by atoms with Crippen LogP contribution < -0.4 is 30.4 Å². The van der Waals surface area contributed by atoms with Crippen molar-refractivity contribution in [1.29, 1.82) is 0 Å². The van der Waals surface area contributed by atoms with Crippen molar-refractivity contribution >= 4 is 35.5 Å². The number of carbonyl (C=O) groups is 3. The number of rotatable bonds is 11. The van der Waals surface area contributed by atoms with Crippen LogP contribution in [0.4, 0.5) is 16.2 Å². The summed E-state index contributed by atoms with van der Waals surface area (Å²) in [5.41, 5.74) is 4.41. The summed E-state index contributed by atoms with van der Waals surface area (Å²) >= 11 is 0. The van der Waals surface area contributed by atoms with Gasteiger partial charge in [-0.15, -0.1) is 0 Å². The lowest BCUT2D eigenvalue weighted by Crippen LogP contribution is -2.45. The van der Waals surface area contributed by atoms with Gasteiger partial charge in [0.25, 0.3) is 11.6 Å². The molecule has 4 rings (SSSR count). The van der Waals surface area contributed by atoms with Gasteiger partial charge >= 0.3 is 12.0 Å². The molecule has 0 aliphatic carbocycles. The van der Waals surface area contributed by atoms with Gasteiger partial charge in [-0.25, -0.2) is 15.0 Å². The fourth-order valence-corrected chi connectivity index (χ4v) is 4.83. The molecule has 3 amide bonds. The van der Waals surface area contributed by atoms with E-state index in [1.807, 2.05) is 7.05 Å². The van der Waals surface area contributed by atoms with E-state index in [1.165, 1.54) is 19.4 Å². The van der Waals surface area contributed by atoms with Crippen molar-refractivity contribution in [2.24, 2.45) is 5.10 Å². The smallest absolute Gasteiger partial charge is 0.338 e. The molecule has 3 N–H and O–H groups in total. The second kappa shape index (κ2) is 14.3. The van der Waals surface area contributed by atoms with Gasteiger partial charge in [0.1, 0.15) is 0 Å². The molecular formula is C29H35N7O8. The molecule has 0 unspecified atom stereocenters. The van der Waals surface area contributed by atoms with Crippen molar-refractivity contribution in [1.82, 2.24) is 21.0 Å². The molecule has 2 aromatic rings. The molecule has 2 aromatic carbocycles. The first-order valence-electron chi connectivity index (χ1n) is 13.9. The lowest BCUT2D eigenvalue weighted by Gasteiger charge is -2.34. The first-order valence-corrected chi connectivity index (χ1v) is 13.9. The molecular weight excluding hydrogens is 574 g/mol. The number of nitrogens with zero attached hydrogens (tertiary/aromatic N) is 4. The number of urea groups is 1. The largest absolute Gasteiger partial charge is 0.493 e. The van der Waals surface area contributed by atoms with E-state index in [4.69, 9.17) is 14.2 Å². The number of amides is 3. The third kappa shape index (κ3) is 7.60. The third-order valence-corrected chi connectivity index (χ3v) is 7.11. The minimum atomic E-state index is -0.804. The monoisotopic (exact) mass is 609 g/mol. The van der Waals surface area contributed by atoms with Crippen LogP contribution in [0, 0.1) is 10.1 Å². The molecule has 0 spiro atoms. The fraction of sp³-hybridized carbons (Fsp3) is 0.379. The molecule has 0 radical (unpaired) electrons. The maximum Gasteiger partial charge on any atom is 0.338 e. The normalized spacial score (nSPS) is 17.1. The average Bonchev–Trinajstić information content (AvgIpc) is 2.99. The molecule has 1 fully saturated rings. The number of piperazine rings is 1. The molecule has 234 valence electrons. The van der Waals surface area contributed by atoms with Crippen LogP contribution in [0.15, 0.2) is 52.8 Å². The third-order valence-electron chi connectivity index (χ3n) is 7.11. The maximum atomic E-state index is 12.6. The van der Waals surface area contributed by atoms with Crippen molar-refractivity contribution in [3.05, 3.63) is 68.9 Å². The summed E-state index contributed by atoms with van der Waals surface area (Å²) in [5, 5.41) is 20.8. The highest BCUT2D eigenvalue weighted by molar-refractivity contribution is 5.95. The van der Waals surface area contributed by atoms with Gasteiger partial charge in [-0.1, -0.05) is 6.07 Å². The Bertz CT molecular complexity index is 1480. The number of nitrogens with one attached hydrogen (secondary N) is 3. The highest BCUT2D eigenvalue weighted by atomic mass is 16.6. The molecule has 1 saturated heterocycles. The Morgan fingerprint density at radius 3 is 2.59 bits per heavy atom. The quantitative estimate of drug-likeness (QED) is 0.148. The number of hydrogen-bond donors (Lipinski definition) is 3. The van der Waals surface area contributed by atoms with Gasteiger partial charge in [-0.3, -0.25) is 14.9 Å². The molecule has 2 aliphatic rings. The van der Waals surface area contributed by atoms with Crippen molar-refractivity contribution in [3.63, 3.8) is 0 Å². The molecule has 0 bridgehead atoms. The van der Waals surface area contributed by atoms with Crippen LogP contribution in [0.3, 0.4) is 0 Å². The topological polar surface area (TPSA) is 177 Å². The van der Waals surface area contributed by atoms with E-state index in [0.717, 1.165) is 31.9 Å². The maximum absolute atomic E-state index is 12.6. The fourth-order valence-electron chi connectivity index (χ4n) is 4.83. The molecule has 15 nitrogen and oxygen atoms in total. The number of anilines is 1. The second-order valence-electron chi connectivity index (χ2n) is 10.1. The lowest BCUT2D eigenvalue weighted by atomic mass is 9.95. The molecule has 0 aromatic heterocycles. The Morgan fingerprint density at radius 2 is 1.91 bits per heavy atom. The molecule has 44 heavy (non-hydrogen) atoms. The minimum absolute atomic E-state index is 0.136. The van der Waals surface area contributed by atoms with Gasteiger partial charge < -0.3 is 34.6 Å². The summed E-state index contributed by atoms with van der Waals surface area (Å²) in [4.78, 5) is 52.7. The number of ether oxygens (including phenoxy) is 3. The summed E-state index contributed by atoms with van der Waals surface area (Å²) in [6, 6.07) is 8.29. The number of hydrogen-bond acceptors (Lipinski definition) is 11. The number of allylic oxidation sites excluding steroid dienone is 1. The summed E-state index contributed by atoms with van der Waals surface area (Å²) in [7, 11) is 3.45. The SMILES string of the molecule is CCOC(=O)C1=C(C)NC(=O)N[C@H]1c1ccc(OCC(=O)N/N=C\c2cc(N3CCN(C)CC3)ccc2[N+](=O)[O-])c(OC)c1. The predicted molar refractivity (Wildman–Crippen MR) is 161 cm³/mol. The highest BCUT2D eigenvalue weighted by Crippen LogP contribution is 2.34. The highest BCUT2D eigenvalue weighted by Gasteiger charge is 2.32. The number of benzene rings is 2. The summed E-state index contributed by atoms with van der Waals surface area (Å²) in [5.74, 6) is -0.706. The van der Waals surface area contributed by atoms with E-state index in [1.54, 1.807) is 44.2 Å². The Balaban J connectivity index is 1.42. The van der Waals surface area contributed by atoms with E-state index >= 15 is 0 Å². The summed E-state index contributed by atoms with van der Waals surface area (Å²) in [6.07, 6.45) is 1.23. The van der Waals surface area contributed by atoms with Crippen LogP contribution in [0.25, 0.3) is 0 Å². The lowest BCUT2D eigenvalue weighted by molar-refractivity contribution is -0.385. The van der Waals surface area contributed by atoms with Crippen molar-refractivity contribution in [2.75, 3.05) is 58.5 Å². The van der Waals surface area contributed by atoms with Crippen LogP contribution in [-0.2, 0) is 14.3 Å². The van der Waals surface area contributed by atoms with Gasteiger partial charge in [-0.05, 0) is 50.7 Å². The number of carbonyl (C=O) groups excluding carboxylic acids is 3. The van der Waals surface area contributed by atoms with Crippen molar-refractivity contribution in [2.45, 2.75) is 19.9 Å². The first-order chi connectivity index (χ1) is 21.1. The van der Waals surface area contributed by atoms with Crippen LogP contribution >= 0.6 is 0 Å². The van der Waals surface area contributed by atoms with Gasteiger partial charge in [0.05, 0.1) is 42.0 Å². The Morgan fingerprint density at radius 1 is 1.16 bits per heavy atom. The number of hydrazone groups is 1. The number of methoxy groups -OCH3 is 1.